The van der Waals surface area contributed by atoms with Gasteiger partial charge in [0.05, 0.1) is 22.7 Å². The summed E-state index contributed by atoms with van der Waals surface area (Å²) in [7, 11) is 1.32. The van der Waals surface area contributed by atoms with Gasteiger partial charge in [-0.2, -0.15) is 0 Å². The van der Waals surface area contributed by atoms with Crippen molar-refractivity contribution < 1.29 is 14.5 Å². The summed E-state index contributed by atoms with van der Waals surface area (Å²) in [5.41, 5.74) is 1.39. The van der Waals surface area contributed by atoms with E-state index in [4.69, 9.17) is 28.6 Å². The summed E-state index contributed by atoms with van der Waals surface area (Å²) >= 11 is 11.7. The number of nitrogens with zero attached hydrogens (tertiary/aromatic N) is 2. The topological polar surface area (TPSA) is 96.7 Å². The second kappa shape index (κ2) is 9.93. The Bertz CT molecular complexity index is 1010. The van der Waals surface area contributed by atoms with Crippen LogP contribution in [-0.2, 0) is 0 Å². The van der Waals surface area contributed by atoms with E-state index in [0.29, 0.717) is 10.7 Å². The third-order valence-corrected chi connectivity index (χ3v) is 5.70. The minimum atomic E-state index is -0.612. The van der Waals surface area contributed by atoms with E-state index >= 15 is 0 Å². The molecule has 31 heavy (non-hydrogen) atoms. The van der Waals surface area contributed by atoms with Gasteiger partial charge in [0, 0.05) is 30.4 Å². The first-order chi connectivity index (χ1) is 14.8. The molecule has 0 aliphatic carbocycles. The Labute approximate surface area is 190 Å². The number of anilines is 2. The molecule has 10 heteroatoms. The molecule has 1 saturated heterocycles. The monoisotopic (exact) mass is 462 g/mol. The van der Waals surface area contributed by atoms with Gasteiger partial charge in [-0.25, -0.2) is 0 Å². The molecule has 8 nitrogen and oxygen atoms in total. The Morgan fingerprint density at radius 2 is 1.97 bits per heavy atom. The molecule has 0 radical (unpaired) electrons. The van der Waals surface area contributed by atoms with Gasteiger partial charge in [-0.15, -0.1) is 0 Å². The molecular weight excluding hydrogens is 440 g/mol. The lowest BCUT2D eigenvalue weighted by Crippen LogP contribution is -2.34. The minimum Gasteiger partial charge on any atom is -0.490 e. The fourth-order valence-electron chi connectivity index (χ4n) is 3.40. The summed E-state index contributed by atoms with van der Waals surface area (Å²) in [6, 6.07) is 9.46. The molecule has 1 aliphatic rings. The van der Waals surface area contributed by atoms with Crippen molar-refractivity contribution in [2.45, 2.75) is 19.8 Å². The predicted molar refractivity (Wildman–Crippen MR) is 125 cm³/mol. The number of rotatable bonds is 5. The van der Waals surface area contributed by atoms with Crippen molar-refractivity contribution in [2.75, 3.05) is 30.4 Å². The van der Waals surface area contributed by atoms with E-state index in [9.17, 15) is 14.9 Å². The van der Waals surface area contributed by atoms with E-state index in [1.807, 2.05) is 12.1 Å². The highest BCUT2D eigenvalue weighted by Crippen LogP contribution is 2.32. The van der Waals surface area contributed by atoms with E-state index in [1.165, 1.54) is 19.2 Å². The average Bonchev–Trinajstić information content (AvgIpc) is 2.74. The van der Waals surface area contributed by atoms with Crippen LogP contribution in [0.5, 0.6) is 5.75 Å². The molecule has 164 valence electrons. The zero-order valence-electron chi connectivity index (χ0n) is 17.2. The summed E-state index contributed by atoms with van der Waals surface area (Å²) in [5.74, 6) is 0.220. The lowest BCUT2D eigenvalue weighted by molar-refractivity contribution is -0.385. The van der Waals surface area contributed by atoms with Gasteiger partial charge in [-0.3, -0.25) is 20.2 Å². The second-order valence-corrected chi connectivity index (χ2v) is 8.20. The highest BCUT2D eigenvalue weighted by molar-refractivity contribution is 7.80. The van der Waals surface area contributed by atoms with Crippen molar-refractivity contribution in [2.24, 2.45) is 5.92 Å². The largest absolute Gasteiger partial charge is 0.490 e. The number of thiocarbonyl (C=S) groups is 1. The molecule has 2 aromatic rings. The molecule has 1 amide bonds. The summed E-state index contributed by atoms with van der Waals surface area (Å²) in [6.07, 6.45) is 2.27. The Hall–Kier alpha value is -2.91. The highest BCUT2D eigenvalue weighted by Gasteiger charge is 2.20. The zero-order valence-corrected chi connectivity index (χ0v) is 18.8. The molecule has 0 bridgehead atoms. The van der Waals surface area contributed by atoms with Crippen molar-refractivity contribution in [1.29, 1.82) is 0 Å². The number of amides is 1. The summed E-state index contributed by atoms with van der Waals surface area (Å²) < 4.78 is 4.94. The smallest absolute Gasteiger partial charge is 0.311 e. The fraction of sp³-hybridized carbons (Fsp3) is 0.333. The van der Waals surface area contributed by atoms with Gasteiger partial charge in [0.2, 0.25) is 0 Å². The van der Waals surface area contributed by atoms with Gasteiger partial charge < -0.3 is 15.0 Å². The van der Waals surface area contributed by atoms with Gasteiger partial charge >= 0.3 is 5.69 Å². The number of ether oxygens (including phenoxy) is 1. The summed E-state index contributed by atoms with van der Waals surface area (Å²) in [5, 5.41) is 17.2. The van der Waals surface area contributed by atoms with E-state index in [0.717, 1.165) is 43.6 Å². The number of halogens is 1. The molecule has 2 N–H and O–H groups in total. The van der Waals surface area contributed by atoms with Crippen LogP contribution >= 0.6 is 23.8 Å². The van der Waals surface area contributed by atoms with Crippen molar-refractivity contribution in [3.8, 4) is 5.75 Å². The first kappa shape index (κ1) is 22.8. The summed E-state index contributed by atoms with van der Waals surface area (Å²) in [4.78, 5) is 25.2. The zero-order chi connectivity index (χ0) is 22.5. The predicted octanol–water partition coefficient (Wildman–Crippen LogP) is 4.62. The number of nitro benzene ring substituents is 1. The molecule has 0 unspecified atom stereocenters. The van der Waals surface area contributed by atoms with Crippen molar-refractivity contribution in [3.05, 3.63) is 57.1 Å². The number of methoxy groups -OCH3 is 1. The average molecular weight is 463 g/mol. The molecule has 1 aliphatic heterocycles. The Morgan fingerprint density at radius 1 is 1.26 bits per heavy atom. The summed E-state index contributed by atoms with van der Waals surface area (Å²) in [6.45, 7) is 4.19. The van der Waals surface area contributed by atoms with Crippen LogP contribution in [0.25, 0.3) is 0 Å². The standard InChI is InChI=1S/C21H23ClN4O4S/c1-13-7-9-25(10-8-13)17-5-4-15(12-16(17)22)23-21(31)24-20(27)14-3-6-19(30-2)18(11-14)26(28)29/h3-6,11-13H,7-10H2,1-2H3,(H2,23,24,27,31). The molecule has 0 atom stereocenters. The lowest BCUT2D eigenvalue weighted by atomic mass is 9.99. The first-order valence-corrected chi connectivity index (χ1v) is 10.6. The van der Waals surface area contributed by atoms with E-state index in [-0.39, 0.29) is 22.1 Å². The van der Waals surface area contributed by atoms with E-state index in [2.05, 4.69) is 22.5 Å². The first-order valence-electron chi connectivity index (χ1n) is 9.77. The Balaban J connectivity index is 1.64. The Kier molecular flexibility index (Phi) is 7.29. The Morgan fingerprint density at radius 3 is 2.58 bits per heavy atom. The maximum atomic E-state index is 12.4. The minimum absolute atomic E-state index is 0.0547. The number of nitro groups is 1. The lowest BCUT2D eigenvalue weighted by Gasteiger charge is -2.32. The van der Waals surface area contributed by atoms with Crippen molar-refractivity contribution >= 4 is 51.9 Å². The molecule has 0 aromatic heterocycles. The number of carbonyl (C=O) groups is 1. The van der Waals surface area contributed by atoms with Crippen LogP contribution in [-0.4, -0.2) is 36.1 Å². The number of nitrogens with one attached hydrogen (secondary N) is 2. The van der Waals surface area contributed by atoms with E-state index < -0.39 is 10.8 Å². The van der Waals surface area contributed by atoms with Gasteiger partial charge in [-0.05, 0) is 61.3 Å². The van der Waals surface area contributed by atoms with Crippen LogP contribution < -0.4 is 20.3 Å². The molecule has 3 rings (SSSR count). The third-order valence-electron chi connectivity index (χ3n) is 5.19. The maximum Gasteiger partial charge on any atom is 0.311 e. The maximum absolute atomic E-state index is 12.4. The molecule has 0 saturated carbocycles. The van der Waals surface area contributed by atoms with Gasteiger partial charge in [0.15, 0.2) is 10.9 Å². The highest BCUT2D eigenvalue weighted by atomic mass is 35.5. The molecule has 1 heterocycles. The van der Waals surface area contributed by atoms with Crippen molar-refractivity contribution in [3.63, 3.8) is 0 Å². The number of hydrogen-bond donors (Lipinski definition) is 2. The molecule has 0 spiro atoms. The van der Waals surface area contributed by atoms with Crippen LogP contribution in [0.15, 0.2) is 36.4 Å². The molecule has 2 aromatic carbocycles. The van der Waals surface area contributed by atoms with Gasteiger partial charge in [-0.1, -0.05) is 18.5 Å². The molecule has 1 fully saturated rings. The number of carbonyl (C=O) groups excluding carboxylic acids is 1. The number of piperidine rings is 1. The van der Waals surface area contributed by atoms with Crippen LogP contribution in [0, 0.1) is 16.0 Å². The normalized spacial score (nSPS) is 14.1. The van der Waals surface area contributed by atoms with Crippen LogP contribution in [0.2, 0.25) is 5.02 Å². The second-order valence-electron chi connectivity index (χ2n) is 7.39. The third kappa shape index (κ3) is 5.62. The van der Waals surface area contributed by atoms with Gasteiger partial charge in [0.25, 0.3) is 5.91 Å². The number of benzene rings is 2. The van der Waals surface area contributed by atoms with Crippen molar-refractivity contribution in [1.82, 2.24) is 5.32 Å². The number of hydrogen-bond acceptors (Lipinski definition) is 6. The van der Waals surface area contributed by atoms with E-state index in [1.54, 1.807) is 6.07 Å². The van der Waals surface area contributed by atoms with Crippen LogP contribution in [0.1, 0.15) is 30.1 Å². The van der Waals surface area contributed by atoms with Crippen LogP contribution in [0.4, 0.5) is 17.1 Å². The van der Waals surface area contributed by atoms with Gasteiger partial charge in [0.1, 0.15) is 0 Å². The quantitative estimate of drug-likeness (QED) is 0.380. The molecular formula is C21H23ClN4O4S. The van der Waals surface area contributed by atoms with Crippen LogP contribution in [0.3, 0.4) is 0 Å². The SMILES string of the molecule is COc1ccc(C(=O)NC(=S)Nc2ccc(N3CCC(C)CC3)c(Cl)c2)cc1[N+](=O)[O-]. The fourth-order valence-corrected chi connectivity index (χ4v) is 3.91.